The number of esters is 1. The summed E-state index contributed by atoms with van der Waals surface area (Å²) in [5.41, 5.74) is -1.99. The molecule has 3 aliphatic heterocycles. The molecule has 7 nitrogen and oxygen atoms in total. The van der Waals surface area contributed by atoms with Crippen molar-refractivity contribution in [1.82, 2.24) is 0 Å². The lowest BCUT2D eigenvalue weighted by molar-refractivity contribution is -0.231. The summed E-state index contributed by atoms with van der Waals surface area (Å²) in [7, 11) is 0. The van der Waals surface area contributed by atoms with Crippen LogP contribution in [0.25, 0.3) is 0 Å². The van der Waals surface area contributed by atoms with E-state index in [2.05, 4.69) is 0 Å². The summed E-state index contributed by atoms with van der Waals surface area (Å²) in [6, 6.07) is 0. The Labute approximate surface area is 146 Å². The van der Waals surface area contributed by atoms with Gasteiger partial charge in [-0.15, -0.1) is 0 Å². The van der Waals surface area contributed by atoms with Crippen molar-refractivity contribution in [2.24, 2.45) is 0 Å². The fourth-order valence-corrected chi connectivity index (χ4v) is 4.37. The minimum Gasteiger partial charge on any atom is -0.488 e. The van der Waals surface area contributed by atoms with Crippen LogP contribution in [-0.4, -0.2) is 58.1 Å². The molecule has 0 amide bonds. The summed E-state index contributed by atoms with van der Waals surface area (Å²) in [5, 5.41) is 10.9. The van der Waals surface area contributed by atoms with Gasteiger partial charge in [-0.3, -0.25) is 9.59 Å². The maximum atomic E-state index is 12.6. The lowest BCUT2D eigenvalue weighted by atomic mass is 9.72. The van der Waals surface area contributed by atoms with Crippen molar-refractivity contribution in [1.29, 1.82) is 0 Å². The van der Waals surface area contributed by atoms with Gasteiger partial charge in [-0.05, 0) is 27.7 Å². The molecule has 0 radical (unpaired) electrons. The van der Waals surface area contributed by atoms with Crippen molar-refractivity contribution in [3.8, 4) is 0 Å². The molecule has 1 aliphatic carbocycles. The van der Waals surface area contributed by atoms with Crippen LogP contribution in [0.1, 0.15) is 47.5 Å². The van der Waals surface area contributed by atoms with E-state index < -0.39 is 47.2 Å². The van der Waals surface area contributed by atoms with Crippen LogP contribution in [0.3, 0.4) is 0 Å². The highest BCUT2D eigenvalue weighted by molar-refractivity contribution is 5.99. The number of rotatable bonds is 1. The number of hydrogen-bond acceptors (Lipinski definition) is 7. The predicted octanol–water partition coefficient (Wildman–Crippen LogP) is 1.02. The standard InChI is InChI=1S/C18H24O7/c1-8(19)22-10-7-18-14(24-17(10,4)5)12(21)11-9(20)6-16(2,3)23-13(11)15(18)25-18/h10,12,14-15,21H,6-7H2,1-5H3/t10-,12-,14+,15+,18-/m1/s1. The van der Waals surface area contributed by atoms with Crippen molar-refractivity contribution in [2.75, 3.05) is 0 Å². The Morgan fingerprint density at radius 3 is 2.56 bits per heavy atom. The van der Waals surface area contributed by atoms with Gasteiger partial charge in [0.15, 0.2) is 5.78 Å². The van der Waals surface area contributed by atoms with Crippen LogP contribution in [0, 0.1) is 0 Å². The van der Waals surface area contributed by atoms with Gasteiger partial charge in [0.05, 0.1) is 12.0 Å². The number of Topliss-reactive ketones (excluding diaryl/α,β-unsaturated/α-hetero) is 1. The van der Waals surface area contributed by atoms with Gasteiger partial charge in [-0.2, -0.15) is 0 Å². The van der Waals surface area contributed by atoms with Crippen LogP contribution in [0.2, 0.25) is 0 Å². The number of aliphatic hydroxyl groups excluding tert-OH is 1. The van der Waals surface area contributed by atoms with Crippen molar-refractivity contribution >= 4 is 11.8 Å². The molecule has 3 heterocycles. The summed E-state index contributed by atoms with van der Waals surface area (Å²) < 4.78 is 23.5. The molecule has 25 heavy (non-hydrogen) atoms. The highest BCUT2D eigenvalue weighted by atomic mass is 16.7. The Kier molecular flexibility index (Phi) is 3.29. The SMILES string of the molecule is CC(=O)O[C@@H]1C[C@]23O[C@H]2C2=C(C(=O)CC(C)(C)O2)[C@@H](O)[C@@H]3OC1(C)C. The summed E-state index contributed by atoms with van der Waals surface area (Å²) in [6.45, 7) is 8.65. The van der Waals surface area contributed by atoms with Gasteiger partial charge < -0.3 is 24.1 Å². The fourth-order valence-electron chi connectivity index (χ4n) is 4.37. The molecule has 0 aromatic carbocycles. The Morgan fingerprint density at radius 2 is 1.92 bits per heavy atom. The van der Waals surface area contributed by atoms with E-state index in [-0.39, 0.29) is 17.8 Å². The number of epoxide rings is 1. The summed E-state index contributed by atoms with van der Waals surface area (Å²) >= 11 is 0. The lowest BCUT2D eigenvalue weighted by Crippen LogP contribution is -2.63. The second-order valence-electron chi connectivity index (χ2n) is 8.58. The molecule has 0 aromatic heterocycles. The second kappa shape index (κ2) is 4.84. The molecule has 0 unspecified atom stereocenters. The molecule has 4 rings (SSSR count). The molecule has 138 valence electrons. The van der Waals surface area contributed by atoms with E-state index >= 15 is 0 Å². The molecule has 4 aliphatic rings. The molecule has 0 aromatic rings. The predicted molar refractivity (Wildman–Crippen MR) is 84.5 cm³/mol. The largest absolute Gasteiger partial charge is 0.488 e. The first kappa shape index (κ1) is 17.0. The van der Waals surface area contributed by atoms with Crippen LogP contribution in [0.5, 0.6) is 0 Å². The molecule has 0 saturated carbocycles. The molecule has 5 atom stereocenters. The number of fused-ring (bicyclic) bond motifs is 1. The highest BCUT2D eigenvalue weighted by Crippen LogP contribution is 2.60. The van der Waals surface area contributed by atoms with Crippen LogP contribution < -0.4 is 0 Å². The number of carbonyl (C=O) groups excluding carboxylic acids is 2. The van der Waals surface area contributed by atoms with Gasteiger partial charge >= 0.3 is 5.97 Å². The first-order valence-corrected chi connectivity index (χ1v) is 8.64. The van der Waals surface area contributed by atoms with Crippen molar-refractivity contribution in [2.45, 2.75) is 88.7 Å². The van der Waals surface area contributed by atoms with Crippen LogP contribution in [0.15, 0.2) is 11.3 Å². The lowest BCUT2D eigenvalue weighted by Gasteiger charge is -2.49. The average molecular weight is 352 g/mol. The minimum absolute atomic E-state index is 0.133. The van der Waals surface area contributed by atoms with Crippen molar-refractivity contribution in [3.05, 3.63) is 11.3 Å². The van der Waals surface area contributed by atoms with Gasteiger partial charge in [0.1, 0.15) is 47.0 Å². The fraction of sp³-hybridized carbons (Fsp3) is 0.778. The summed E-state index contributed by atoms with van der Waals surface area (Å²) in [4.78, 5) is 24.0. The third kappa shape index (κ3) is 2.36. The van der Waals surface area contributed by atoms with Crippen LogP contribution in [0.4, 0.5) is 0 Å². The highest BCUT2D eigenvalue weighted by Gasteiger charge is 2.75. The number of hydrogen-bond donors (Lipinski definition) is 1. The number of aliphatic hydroxyl groups is 1. The quantitative estimate of drug-likeness (QED) is 0.556. The number of carbonyl (C=O) groups is 2. The van der Waals surface area contributed by atoms with E-state index in [1.54, 1.807) is 0 Å². The minimum atomic E-state index is -1.12. The van der Waals surface area contributed by atoms with E-state index in [0.29, 0.717) is 12.2 Å². The molecule has 2 fully saturated rings. The van der Waals surface area contributed by atoms with E-state index in [0.717, 1.165) is 0 Å². The Bertz CT molecular complexity index is 692. The number of ketones is 1. The van der Waals surface area contributed by atoms with Gasteiger partial charge in [0.2, 0.25) is 0 Å². The second-order valence-corrected chi connectivity index (χ2v) is 8.58. The van der Waals surface area contributed by atoms with E-state index in [9.17, 15) is 14.7 Å². The summed E-state index contributed by atoms with van der Waals surface area (Å²) in [6.07, 6.45) is -2.17. The first-order chi connectivity index (χ1) is 11.5. The molecular formula is C18H24O7. The van der Waals surface area contributed by atoms with Crippen molar-refractivity contribution in [3.63, 3.8) is 0 Å². The van der Waals surface area contributed by atoms with E-state index in [4.69, 9.17) is 18.9 Å². The zero-order chi connectivity index (χ0) is 18.4. The Hall–Kier alpha value is -1.44. The topological polar surface area (TPSA) is 94.6 Å². The third-order valence-electron chi connectivity index (χ3n) is 5.58. The van der Waals surface area contributed by atoms with Gasteiger partial charge in [0.25, 0.3) is 0 Å². The Morgan fingerprint density at radius 1 is 1.24 bits per heavy atom. The van der Waals surface area contributed by atoms with Gasteiger partial charge in [-0.1, -0.05) is 0 Å². The normalized spacial score (nSPS) is 43.4. The van der Waals surface area contributed by atoms with Gasteiger partial charge in [0, 0.05) is 13.3 Å². The zero-order valence-corrected chi connectivity index (χ0v) is 15.1. The van der Waals surface area contributed by atoms with Crippen LogP contribution in [-0.2, 0) is 28.5 Å². The molecular weight excluding hydrogens is 328 g/mol. The summed E-state index contributed by atoms with van der Waals surface area (Å²) in [5.74, 6) is -0.114. The van der Waals surface area contributed by atoms with E-state index in [1.165, 1.54) is 6.92 Å². The molecule has 7 heteroatoms. The molecule has 0 bridgehead atoms. The molecule has 2 saturated heterocycles. The van der Waals surface area contributed by atoms with E-state index in [1.807, 2.05) is 27.7 Å². The maximum absolute atomic E-state index is 12.6. The average Bonchev–Trinajstić information content (AvgIpc) is 3.15. The first-order valence-electron chi connectivity index (χ1n) is 8.64. The monoisotopic (exact) mass is 352 g/mol. The smallest absolute Gasteiger partial charge is 0.303 e. The molecule has 1 spiro atoms. The van der Waals surface area contributed by atoms with Gasteiger partial charge in [-0.25, -0.2) is 0 Å². The molecule has 1 N–H and O–H groups in total. The third-order valence-corrected chi connectivity index (χ3v) is 5.58. The number of ether oxygens (including phenoxy) is 4. The van der Waals surface area contributed by atoms with Crippen molar-refractivity contribution < 1.29 is 33.6 Å². The Balaban J connectivity index is 1.72. The van der Waals surface area contributed by atoms with Crippen LogP contribution >= 0.6 is 0 Å². The maximum Gasteiger partial charge on any atom is 0.303 e. The zero-order valence-electron chi connectivity index (χ0n) is 15.1.